The van der Waals surface area contributed by atoms with Crippen molar-refractivity contribution >= 4 is 23.5 Å². The maximum absolute atomic E-state index is 12.4. The van der Waals surface area contributed by atoms with E-state index < -0.39 is 0 Å². The summed E-state index contributed by atoms with van der Waals surface area (Å²) in [5.74, 6) is 0.937. The van der Waals surface area contributed by atoms with Gasteiger partial charge in [0, 0.05) is 24.6 Å². The van der Waals surface area contributed by atoms with Crippen LogP contribution in [-0.2, 0) is 9.59 Å². The highest BCUT2D eigenvalue weighted by atomic mass is 16.5. The van der Waals surface area contributed by atoms with Crippen molar-refractivity contribution in [2.75, 3.05) is 23.4 Å². The quantitative estimate of drug-likeness (QED) is 0.853. The predicted molar refractivity (Wildman–Crippen MR) is 93.0 cm³/mol. The second-order valence-corrected chi connectivity index (χ2v) is 6.54. The van der Waals surface area contributed by atoms with Gasteiger partial charge in [0.25, 0.3) is 0 Å². The summed E-state index contributed by atoms with van der Waals surface area (Å²) in [5.41, 5.74) is 0.808. The Balaban J connectivity index is 1.42. The molecule has 0 unspecified atom stereocenters. The molecule has 1 aromatic heterocycles. The highest BCUT2D eigenvalue weighted by Gasteiger charge is 2.36. The molecular formula is C18H20N4O4. The molecule has 1 aromatic carbocycles. The van der Waals surface area contributed by atoms with Crippen LogP contribution >= 0.6 is 0 Å². The lowest BCUT2D eigenvalue weighted by molar-refractivity contribution is -0.118. The molecule has 8 heteroatoms. The number of anilines is 2. The lowest BCUT2D eigenvalue weighted by Gasteiger charge is -2.16. The molecule has 0 spiro atoms. The molecule has 2 fully saturated rings. The van der Waals surface area contributed by atoms with Gasteiger partial charge in [0.1, 0.15) is 5.75 Å². The molecule has 1 saturated heterocycles. The van der Waals surface area contributed by atoms with Crippen LogP contribution in [0.5, 0.6) is 5.75 Å². The molecule has 8 nitrogen and oxygen atoms in total. The molecule has 4 rings (SSSR count). The normalized spacial score (nSPS) is 19.7. The lowest BCUT2D eigenvalue weighted by atomic mass is 10.1. The van der Waals surface area contributed by atoms with Gasteiger partial charge in [0.2, 0.25) is 17.7 Å². The van der Waals surface area contributed by atoms with Gasteiger partial charge >= 0.3 is 6.01 Å². The summed E-state index contributed by atoms with van der Waals surface area (Å²) >= 11 is 0. The molecule has 2 aliphatic rings. The van der Waals surface area contributed by atoms with Crippen molar-refractivity contribution in [3.8, 4) is 5.75 Å². The first-order chi connectivity index (χ1) is 12.6. The van der Waals surface area contributed by atoms with Gasteiger partial charge in [-0.05, 0) is 44.0 Å². The third-order valence-corrected chi connectivity index (χ3v) is 4.55. The molecule has 2 amide bonds. The Bertz CT molecular complexity index is 813. The molecule has 0 bridgehead atoms. The summed E-state index contributed by atoms with van der Waals surface area (Å²) in [7, 11) is 0. The summed E-state index contributed by atoms with van der Waals surface area (Å²) in [6.07, 6.45) is 2.10. The zero-order chi connectivity index (χ0) is 18.1. The molecule has 1 aliphatic heterocycles. The van der Waals surface area contributed by atoms with Crippen molar-refractivity contribution in [1.82, 2.24) is 10.2 Å². The van der Waals surface area contributed by atoms with E-state index in [4.69, 9.17) is 9.15 Å². The van der Waals surface area contributed by atoms with Gasteiger partial charge in [-0.15, -0.1) is 5.10 Å². The second kappa shape index (κ2) is 6.78. The average molecular weight is 356 g/mol. The van der Waals surface area contributed by atoms with Crippen LogP contribution in [0.4, 0.5) is 11.7 Å². The van der Waals surface area contributed by atoms with E-state index in [1.807, 2.05) is 31.2 Å². The minimum Gasteiger partial charge on any atom is -0.494 e. The largest absolute Gasteiger partial charge is 0.494 e. The van der Waals surface area contributed by atoms with Crippen LogP contribution in [0, 0.1) is 5.92 Å². The number of carbonyl (C=O) groups excluding carboxylic acids is 2. The predicted octanol–water partition coefficient (Wildman–Crippen LogP) is 2.34. The van der Waals surface area contributed by atoms with Crippen LogP contribution in [-0.4, -0.2) is 35.2 Å². The summed E-state index contributed by atoms with van der Waals surface area (Å²) in [5, 5.41) is 10.5. The third kappa shape index (κ3) is 3.40. The second-order valence-electron chi connectivity index (χ2n) is 6.54. The third-order valence-electron chi connectivity index (χ3n) is 4.55. The first kappa shape index (κ1) is 16.6. The van der Waals surface area contributed by atoms with Crippen LogP contribution < -0.4 is 15.0 Å². The molecular weight excluding hydrogens is 336 g/mol. The number of carbonyl (C=O) groups is 2. The minimum absolute atomic E-state index is 0.000857. The van der Waals surface area contributed by atoms with E-state index >= 15 is 0 Å². The summed E-state index contributed by atoms with van der Waals surface area (Å²) in [6, 6.07) is 7.51. The Hall–Kier alpha value is -2.90. The van der Waals surface area contributed by atoms with Gasteiger partial charge in [-0.2, -0.15) is 0 Å². The topological polar surface area (TPSA) is 97.6 Å². The van der Waals surface area contributed by atoms with E-state index in [0.29, 0.717) is 25.5 Å². The van der Waals surface area contributed by atoms with Crippen LogP contribution in [0.2, 0.25) is 0 Å². The zero-order valence-electron chi connectivity index (χ0n) is 14.5. The number of hydrogen-bond acceptors (Lipinski definition) is 6. The van der Waals surface area contributed by atoms with E-state index in [9.17, 15) is 9.59 Å². The minimum atomic E-state index is -0.187. The van der Waals surface area contributed by atoms with Gasteiger partial charge in [0.15, 0.2) is 0 Å². The summed E-state index contributed by atoms with van der Waals surface area (Å²) in [4.78, 5) is 25.8. The van der Waals surface area contributed by atoms with Crippen LogP contribution in [0.3, 0.4) is 0 Å². The average Bonchev–Trinajstić information content (AvgIpc) is 3.28. The van der Waals surface area contributed by atoms with E-state index in [1.54, 1.807) is 4.90 Å². The molecule has 1 atom stereocenters. The fraction of sp³-hybridized carbons (Fsp3) is 0.444. The van der Waals surface area contributed by atoms with Crippen molar-refractivity contribution < 1.29 is 18.7 Å². The Labute approximate surface area is 150 Å². The number of amides is 2. The molecule has 0 radical (unpaired) electrons. The molecule has 26 heavy (non-hydrogen) atoms. The van der Waals surface area contributed by atoms with Crippen LogP contribution in [0.15, 0.2) is 28.7 Å². The highest BCUT2D eigenvalue weighted by molar-refractivity contribution is 5.96. The summed E-state index contributed by atoms with van der Waals surface area (Å²) < 4.78 is 11.0. The number of nitrogens with one attached hydrogen (secondary N) is 1. The number of ether oxygens (including phenoxy) is 1. The van der Waals surface area contributed by atoms with Gasteiger partial charge in [-0.25, -0.2) is 0 Å². The first-order valence-electron chi connectivity index (χ1n) is 8.81. The SMILES string of the molecule is CCOc1ccc(N2C[C@@H](c3nnc(NC(=O)C4CC4)o3)CC2=O)cc1. The van der Waals surface area contributed by atoms with E-state index in [-0.39, 0.29) is 29.7 Å². The molecule has 1 saturated carbocycles. The number of aromatic nitrogens is 2. The Morgan fingerprint density at radius 2 is 2.08 bits per heavy atom. The van der Waals surface area contributed by atoms with Gasteiger partial charge < -0.3 is 14.1 Å². The van der Waals surface area contributed by atoms with Crippen molar-refractivity contribution in [3.05, 3.63) is 30.2 Å². The van der Waals surface area contributed by atoms with Crippen LogP contribution in [0.25, 0.3) is 0 Å². The Morgan fingerprint density at radius 3 is 2.77 bits per heavy atom. The van der Waals surface area contributed by atoms with Gasteiger partial charge in [-0.3, -0.25) is 14.9 Å². The number of nitrogens with zero attached hydrogens (tertiary/aromatic N) is 3. The number of benzene rings is 1. The van der Waals surface area contributed by atoms with E-state index in [1.165, 1.54) is 0 Å². The Morgan fingerprint density at radius 1 is 1.31 bits per heavy atom. The Kier molecular flexibility index (Phi) is 4.32. The first-order valence-corrected chi connectivity index (χ1v) is 8.81. The summed E-state index contributed by atoms with van der Waals surface area (Å²) in [6.45, 7) is 2.99. The number of rotatable bonds is 6. The lowest BCUT2D eigenvalue weighted by Crippen LogP contribution is -2.24. The van der Waals surface area contributed by atoms with Crippen molar-refractivity contribution in [2.45, 2.75) is 32.1 Å². The maximum atomic E-state index is 12.4. The van der Waals surface area contributed by atoms with Crippen molar-refractivity contribution in [3.63, 3.8) is 0 Å². The molecule has 136 valence electrons. The van der Waals surface area contributed by atoms with Crippen molar-refractivity contribution in [2.24, 2.45) is 5.92 Å². The van der Waals surface area contributed by atoms with Gasteiger partial charge in [0.05, 0.1) is 12.5 Å². The number of hydrogen-bond donors (Lipinski definition) is 1. The molecule has 2 aromatic rings. The fourth-order valence-corrected chi connectivity index (χ4v) is 3.01. The molecule has 1 N–H and O–H groups in total. The van der Waals surface area contributed by atoms with Gasteiger partial charge in [-0.1, -0.05) is 5.10 Å². The molecule has 2 heterocycles. The smallest absolute Gasteiger partial charge is 0.322 e. The highest BCUT2D eigenvalue weighted by Crippen LogP contribution is 2.33. The van der Waals surface area contributed by atoms with E-state index in [2.05, 4.69) is 15.5 Å². The molecule has 1 aliphatic carbocycles. The monoisotopic (exact) mass is 356 g/mol. The van der Waals surface area contributed by atoms with Crippen LogP contribution in [0.1, 0.15) is 38.0 Å². The zero-order valence-corrected chi connectivity index (χ0v) is 14.5. The standard InChI is InChI=1S/C18H20N4O4/c1-2-25-14-7-5-13(6-8-14)22-10-12(9-15(22)23)17-20-21-18(26-17)19-16(24)11-3-4-11/h5-8,11-12H,2-4,9-10H2,1H3,(H,19,21,24)/t12-/m0/s1. The van der Waals surface area contributed by atoms with E-state index in [0.717, 1.165) is 24.3 Å². The van der Waals surface area contributed by atoms with Crippen molar-refractivity contribution in [1.29, 1.82) is 0 Å². The fourth-order valence-electron chi connectivity index (χ4n) is 3.01. The maximum Gasteiger partial charge on any atom is 0.322 e.